The van der Waals surface area contributed by atoms with Crippen LogP contribution in [0.2, 0.25) is 0 Å². The van der Waals surface area contributed by atoms with E-state index in [0.717, 1.165) is 16.7 Å². The largest absolute Gasteiger partial charge is 0.480 e. The number of benzene rings is 1. The smallest absolute Gasteiger partial charge is 0.323 e. The van der Waals surface area contributed by atoms with Gasteiger partial charge in [0.25, 0.3) is 0 Å². The molecule has 0 spiro atoms. The molecule has 2 rings (SSSR count). The van der Waals surface area contributed by atoms with E-state index in [9.17, 15) is 13.6 Å². The van der Waals surface area contributed by atoms with Crippen molar-refractivity contribution in [1.29, 1.82) is 0 Å². The third-order valence-corrected chi connectivity index (χ3v) is 2.11. The molecule has 1 heterocycles. The second kappa shape index (κ2) is 3.44. The number of carboxylic acid groups (broad SMARTS) is 1. The van der Waals surface area contributed by atoms with Crippen LogP contribution in [0.4, 0.5) is 14.7 Å². The normalized spacial score (nSPS) is 10.9. The average Bonchev–Trinajstić information content (AvgIpc) is 2.45. The number of aliphatic carboxylic acids is 1. The second-order valence-electron chi connectivity index (χ2n) is 3.20. The van der Waals surface area contributed by atoms with Crippen LogP contribution in [0.15, 0.2) is 12.1 Å². The summed E-state index contributed by atoms with van der Waals surface area (Å²) in [4.78, 5) is 14.3. The van der Waals surface area contributed by atoms with Gasteiger partial charge in [0.2, 0.25) is 5.95 Å². The Morgan fingerprint density at radius 1 is 1.44 bits per heavy atom. The van der Waals surface area contributed by atoms with Crippen molar-refractivity contribution in [3.8, 4) is 0 Å². The molecule has 16 heavy (non-hydrogen) atoms. The van der Waals surface area contributed by atoms with Crippen molar-refractivity contribution >= 4 is 23.0 Å². The van der Waals surface area contributed by atoms with Crippen molar-refractivity contribution in [2.45, 2.75) is 6.54 Å². The number of nitrogen functional groups attached to an aromatic ring is 1. The molecule has 0 bridgehead atoms. The van der Waals surface area contributed by atoms with Gasteiger partial charge in [-0.15, -0.1) is 0 Å². The molecule has 0 fully saturated rings. The summed E-state index contributed by atoms with van der Waals surface area (Å²) in [6, 6.07) is 1.75. The lowest BCUT2D eigenvalue weighted by molar-refractivity contribution is -0.137. The van der Waals surface area contributed by atoms with E-state index in [0.29, 0.717) is 0 Å². The SMILES string of the molecule is Nc1nc2cc(F)c(F)cc2n1CC(=O)O. The summed E-state index contributed by atoms with van der Waals surface area (Å²) in [5, 5.41) is 8.62. The van der Waals surface area contributed by atoms with Crippen LogP contribution in [-0.2, 0) is 11.3 Å². The number of halogens is 2. The minimum absolute atomic E-state index is 0.0950. The zero-order chi connectivity index (χ0) is 11.9. The first-order chi connectivity index (χ1) is 7.49. The van der Waals surface area contributed by atoms with Crippen LogP contribution >= 0.6 is 0 Å². The molecular formula is C9H7F2N3O2. The minimum atomic E-state index is -1.14. The molecule has 0 radical (unpaired) electrons. The van der Waals surface area contributed by atoms with Crippen LogP contribution in [-0.4, -0.2) is 20.6 Å². The summed E-state index contributed by atoms with van der Waals surface area (Å²) in [6.45, 7) is -0.451. The fourth-order valence-corrected chi connectivity index (χ4v) is 1.44. The number of rotatable bonds is 2. The third-order valence-electron chi connectivity index (χ3n) is 2.11. The quantitative estimate of drug-likeness (QED) is 0.801. The van der Waals surface area contributed by atoms with E-state index < -0.39 is 24.1 Å². The maximum Gasteiger partial charge on any atom is 0.323 e. The Hall–Kier alpha value is -2.18. The van der Waals surface area contributed by atoms with Gasteiger partial charge in [-0.05, 0) is 0 Å². The summed E-state index contributed by atoms with van der Waals surface area (Å²) >= 11 is 0. The van der Waals surface area contributed by atoms with E-state index >= 15 is 0 Å². The van der Waals surface area contributed by atoms with Crippen molar-refractivity contribution in [2.75, 3.05) is 5.73 Å². The zero-order valence-corrected chi connectivity index (χ0v) is 7.94. The van der Waals surface area contributed by atoms with Crippen molar-refractivity contribution < 1.29 is 18.7 Å². The molecular weight excluding hydrogens is 220 g/mol. The Morgan fingerprint density at radius 3 is 2.69 bits per heavy atom. The van der Waals surface area contributed by atoms with Crippen molar-refractivity contribution in [3.05, 3.63) is 23.8 Å². The summed E-state index contributed by atoms with van der Waals surface area (Å²) in [7, 11) is 0. The highest BCUT2D eigenvalue weighted by Gasteiger charge is 2.14. The Morgan fingerprint density at radius 2 is 2.06 bits per heavy atom. The third kappa shape index (κ3) is 1.56. The van der Waals surface area contributed by atoms with Crippen LogP contribution in [0.1, 0.15) is 0 Å². The van der Waals surface area contributed by atoms with E-state index in [2.05, 4.69) is 4.98 Å². The lowest BCUT2D eigenvalue weighted by Crippen LogP contribution is -2.11. The molecule has 0 amide bonds. The average molecular weight is 227 g/mol. The molecule has 0 aliphatic rings. The Balaban J connectivity index is 2.68. The van der Waals surface area contributed by atoms with E-state index in [-0.39, 0.29) is 17.0 Å². The van der Waals surface area contributed by atoms with Crippen LogP contribution in [0.3, 0.4) is 0 Å². The van der Waals surface area contributed by atoms with Gasteiger partial charge < -0.3 is 10.8 Å². The number of nitrogens with zero attached hydrogens (tertiary/aromatic N) is 2. The first-order valence-electron chi connectivity index (χ1n) is 4.31. The predicted octanol–water partition coefficient (Wildman–Crippen LogP) is 0.981. The number of fused-ring (bicyclic) bond motifs is 1. The summed E-state index contributed by atoms with van der Waals surface area (Å²) in [5.74, 6) is -3.36. The van der Waals surface area contributed by atoms with Crippen molar-refractivity contribution in [1.82, 2.24) is 9.55 Å². The van der Waals surface area contributed by atoms with Gasteiger partial charge in [0, 0.05) is 12.1 Å². The number of aromatic nitrogens is 2. The van der Waals surface area contributed by atoms with Crippen molar-refractivity contribution in [3.63, 3.8) is 0 Å². The van der Waals surface area contributed by atoms with Gasteiger partial charge >= 0.3 is 5.97 Å². The van der Waals surface area contributed by atoms with Gasteiger partial charge in [-0.1, -0.05) is 0 Å². The highest BCUT2D eigenvalue weighted by atomic mass is 19.2. The van der Waals surface area contributed by atoms with Gasteiger partial charge in [-0.2, -0.15) is 0 Å². The number of anilines is 1. The molecule has 0 saturated carbocycles. The summed E-state index contributed by atoms with van der Waals surface area (Å²) in [5.41, 5.74) is 5.72. The first kappa shape index (κ1) is 10.3. The van der Waals surface area contributed by atoms with E-state index in [1.807, 2.05) is 0 Å². The Kier molecular flexibility index (Phi) is 2.22. The molecule has 7 heteroatoms. The highest BCUT2D eigenvalue weighted by Crippen LogP contribution is 2.20. The van der Waals surface area contributed by atoms with E-state index in [1.165, 1.54) is 0 Å². The van der Waals surface area contributed by atoms with Crippen molar-refractivity contribution in [2.24, 2.45) is 0 Å². The van der Waals surface area contributed by atoms with E-state index in [1.54, 1.807) is 0 Å². The number of carboxylic acids is 1. The molecule has 2 aromatic rings. The lowest BCUT2D eigenvalue weighted by atomic mass is 10.3. The molecule has 1 aromatic heterocycles. The molecule has 0 unspecified atom stereocenters. The maximum absolute atomic E-state index is 13.0. The monoisotopic (exact) mass is 227 g/mol. The molecule has 0 aliphatic carbocycles. The Bertz CT molecular complexity index is 580. The molecule has 0 atom stereocenters. The first-order valence-corrected chi connectivity index (χ1v) is 4.31. The number of imidazole rings is 1. The standard InChI is InChI=1S/C9H7F2N3O2/c10-4-1-6-7(2-5(4)11)14(3-8(15)16)9(12)13-6/h1-2H,3H2,(H2,12,13)(H,15,16). The maximum atomic E-state index is 13.0. The highest BCUT2D eigenvalue weighted by molar-refractivity contribution is 5.80. The topological polar surface area (TPSA) is 81.1 Å². The second-order valence-corrected chi connectivity index (χ2v) is 3.20. The van der Waals surface area contributed by atoms with Gasteiger partial charge in [0.05, 0.1) is 11.0 Å². The van der Waals surface area contributed by atoms with Crippen LogP contribution < -0.4 is 5.73 Å². The van der Waals surface area contributed by atoms with Crippen LogP contribution in [0, 0.1) is 11.6 Å². The molecule has 84 valence electrons. The Labute approximate surface area is 88.1 Å². The summed E-state index contributed by atoms with van der Waals surface area (Å²) < 4.78 is 26.9. The fourth-order valence-electron chi connectivity index (χ4n) is 1.44. The molecule has 5 nitrogen and oxygen atoms in total. The van der Waals surface area contributed by atoms with Gasteiger partial charge in [-0.25, -0.2) is 13.8 Å². The fraction of sp³-hybridized carbons (Fsp3) is 0.111. The number of nitrogens with two attached hydrogens (primary N) is 1. The zero-order valence-electron chi connectivity index (χ0n) is 7.94. The van der Waals surface area contributed by atoms with Crippen LogP contribution in [0.5, 0.6) is 0 Å². The predicted molar refractivity (Wildman–Crippen MR) is 51.7 cm³/mol. The van der Waals surface area contributed by atoms with Crippen LogP contribution in [0.25, 0.3) is 11.0 Å². The molecule has 0 saturated heterocycles. The molecule has 3 N–H and O–H groups in total. The summed E-state index contributed by atoms with van der Waals surface area (Å²) in [6.07, 6.45) is 0. The number of hydrogen-bond acceptors (Lipinski definition) is 3. The van der Waals surface area contributed by atoms with Gasteiger partial charge in [0.15, 0.2) is 11.6 Å². The number of hydrogen-bond donors (Lipinski definition) is 2. The minimum Gasteiger partial charge on any atom is -0.480 e. The lowest BCUT2D eigenvalue weighted by Gasteiger charge is -2.02. The van der Waals surface area contributed by atoms with E-state index in [4.69, 9.17) is 10.8 Å². The van der Waals surface area contributed by atoms with Gasteiger partial charge in [0.1, 0.15) is 6.54 Å². The number of carbonyl (C=O) groups is 1. The molecule has 1 aromatic carbocycles. The van der Waals surface area contributed by atoms with Gasteiger partial charge in [-0.3, -0.25) is 9.36 Å². The molecule has 0 aliphatic heterocycles.